The van der Waals surface area contributed by atoms with Crippen LogP contribution in [0.5, 0.6) is 0 Å². The van der Waals surface area contributed by atoms with E-state index in [4.69, 9.17) is 23.6 Å². The van der Waals surface area contributed by atoms with Gasteiger partial charge >= 0.3 is 0 Å². The highest BCUT2D eigenvalue weighted by Crippen LogP contribution is 2.53. The van der Waals surface area contributed by atoms with Gasteiger partial charge in [-0.1, -0.05) is 109 Å². The molecule has 2 aromatic heterocycles. The zero-order valence-electron chi connectivity index (χ0n) is 50.4. The van der Waals surface area contributed by atoms with Crippen LogP contribution in [0.3, 0.4) is 0 Å². The molecule has 2 heterocycles. The first-order chi connectivity index (χ1) is 34.4. The maximum Gasteiger partial charge on any atom is 0.159 e. The SMILES string of the molecule is [2H]c1cc2sc3c([2H])c(N(c4c([2H])c([2H])c([2H])c([2H])c4[2H])c4c([2H])c([2H])c([2H])c5c4oc4c([2H])c([2H])c(C6(C([2H])([2H])[2H])c7c([2H])c([2H])c([2H])c([2H])c7-c7c([2H])c([2H])c([2H])c([2H])c76)cc45)c([2H])c([2H])c3c2c([2H])c1[2H]. The molecule has 7 aromatic carbocycles. The van der Waals surface area contributed by atoms with E-state index >= 15 is 0 Å². The minimum atomic E-state index is -3.67. The van der Waals surface area contributed by atoms with Gasteiger partial charge in [0.1, 0.15) is 5.58 Å². The Hall–Kier alpha value is -5.64. The molecule has 3 heteroatoms. The summed E-state index contributed by atoms with van der Waals surface area (Å²) < 4.78 is 249. The Labute approximate surface area is 314 Å². The minimum absolute atomic E-state index is 0.0646. The predicted molar refractivity (Wildman–Crippen MR) is 199 cm³/mol. The lowest BCUT2D eigenvalue weighted by atomic mass is 9.74. The fraction of sp³-hybridized carbons (Fsp3) is 0.0455. The number of furan rings is 1. The van der Waals surface area contributed by atoms with E-state index in [0.717, 1.165) is 17.4 Å². The van der Waals surface area contributed by atoms with Gasteiger partial charge in [0.05, 0.1) is 38.6 Å². The normalized spacial score (nSPS) is 21.7. The Morgan fingerprint density at radius 3 is 2.15 bits per heavy atom. The van der Waals surface area contributed by atoms with Crippen LogP contribution in [0.15, 0.2) is 162 Å². The zero-order chi connectivity index (χ0) is 54.5. The highest BCUT2D eigenvalue weighted by molar-refractivity contribution is 7.25. The van der Waals surface area contributed by atoms with E-state index < -0.39 is 218 Å². The molecular weight excluding hydrogens is 591 g/mol. The van der Waals surface area contributed by atoms with Crippen molar-refractivity contribution in [2.24, 2.45) is 0 Å². The van der Waals surface area contributed by atoms with E-state index in [0.29, 0.717) is 4.90 Å². The van der Waals surface area contributed by atoms with Crippen LogP contribution in [0.4, 0.5) is 17.1 Å². The van der Waals surface area contributed by atoms with Crippen LogP contribution in [0.25, 0.3) is 53.2 Å². The van der Waals surface area contributed by atoms with Gasteiger partial charge in [0.25, 0.3) is 0 Å². The molecule has 0 spiro atoms. The molecule has 0 saturated carbocycles. The van der Waals surface area contributed by atoms with Gasteiger partial charge in [0, 0.05) is 51.8 Å². The molecule has 222 valence electrons. The molecule has 0 fully saturated rings. The maximum atomic E-state index is 9.66. The summed E-state index contributed by atoms with van der Waals surface area (Å²) in [6.07, 6.45) is 0. The minimum Gasteiger partial charge on any atom is -0.454 e. The second kappa shape index (κ2) is 9.93. The van der Waals surface area contributed by atoms with Crippen molar-refractivity contribution < 1.29 is 41.4 Å². The van der Waals surface area contributed by atoms with Crippen LogP contribution in [0.1, 0.15) is 60.6 Å². The molecule has 0 saturated heterocycles. The first-order valence-electron chi connectivity index (χ1n) is 27.4. The van der Waals surface area contributed by atoms with Crippen molar-refractivity contribution in [2.75, 3.05) is 4.90 Å². The fourth-order valence-corrected chi connectivity index (χ4v) is 6.94. The van der Waals surface area contributed by atoms with Crippen molar-refractivity contribution in [1.29, 1.82) is 0 Å². The fourth-order valence-electron chi connectivity index (χ4n) is 5.94. The van der Waals surface area contributed by atoms with Crippen LogP contribution in [0.2, 0.25) is 0 Å². The lowest BCUT2D eigenvalue weighted by molar-refractivity contribution is 0.667. The van der Waals surface area contributed by atoms with Crippen molar-refractivity contribution in [3.63, 3.8) is 0 Å². The summed E-state index contributed by atoms with van der Waals surface area (Å²) in [5.74, 6) is 0. The average Bonchev–Trinajstić information content (AvgIpc) is 4.04. The summed E-state index contributed by atoms with van der Waals surface area (Å²) >= 11 is 0.758. The van der Waals surface area contributed by atoms with Gasteiger partial charge in [-0.3, -0.25) is 0 Å². The Bertz CT molecular complexity index is 4040. The molecule has 9 aromatic rings. The van der Waals surface area contributed by atoms with Crippen LogP contribution in [-0.2, 0) is 5.41 Å². The molecule has 0 atom stereocenters. The maximum absolute atomic E-state index is 9.66. The predicted octanol–water partition coefficient (Wildman–Crippen LogP) is 12.8. The number of nitrogens with zero attached hydrogens (tertiary/aromatic N) is 1. The van der Waals surface area contributed by atoms with Gasteiger partial charge < -0.3 is 9.32 Å². The number of para-hydroxylation sites is 2. The lowest BCUT2D eigenvalue weighted by Gasteiger charge is -2.28. The quantitative estimate of drug-likeness (QED) is 0.189. The van der Waals surface area contributed by atoms with E-state index in [1.165, 1.54) is 6.07 Å². The number of fused-ring (bicyclic) bond motifs is 9. The molecule has 0 amide bonds. The Morgan fingerprint density at radius 1 is 0.617 bits per heavy atom. The number of rotatable bonds is 4. The van der Waals surface area contributed by atoms with Crippen LogP contribution in [-0.4, -0.2) is 0 Å². The Kier molecular flexibility index (Phi) is 2.38. The summed E-state index contributed by atoms with van der Waals surface area (Å²) in [5.41, 5.74) is -10.8. The van der Waals surface area contributed by atoms with E-state index in [1.54, 1.807) is 0 Å². The summed E-state index contributed by atoms with van der Waals surface area (Å²) in [6, 6.07) is -19.2. The van der Waals surface area contributed by atoms with Gasteiger partial charge in [-0.05, 0) is 83.1 Å². The van der Waals surface area contributed by atoms with E-state index in [1.807, 2.05) is 0 Å². The van der Waals surface area contributed by atoms with Crippen molar-refractivity contribution in [2.45, 2.75) is 12.3 Å². The number of hydrogen-bond acceptors (Lipinski definition) is 3. The first-order valence-corrected chi connectivity index (χ1v) is 14.7. The molecule has 0 bridgehead atoms. The van der Waals surface area contributed by atoms with Crippen molar-refractivity contribution in [3.8, 4) is 11.1 Å². The second-order valence-electron chi connectivity index (χ2n) is 10.4. The molecule has 2 nitrogen and oxygen atoms in total. The summed E-state index contributed by atoms with van der Waals surface area (Å²) in [7, 11) is 0. The second-order valence-corrected chi connectivity index (χ2v) is 11.5. The number of benzene rings is 7. The molecule has 0 radical (unpaired) electrons. The average molecular weight is 647 g/mol. The van der Waals surface area contributed by atoms with Gasteiger partial charge in [-0.25, -0.2) is 0 Å². The van der Waals surface area contributed by atoms with E-state index in [2.05, 4.69) is 0 Å². The molecule has 1 aliphatic rings. The number of thiophene rings is 1. The highest BCUT2D eigenvalue weighted by Gasteiger charge is 2.40. The molecule has 0 N–H and O–H groups in total. The Balaban J connectivity index is 1.42. The standard InChI is InChI=1S/C44H29NOS/c1-44(37-18-8-5-14-31(37)32-15-6-9-19-38(32)44)28-22-25-40-36(26-28)35-17-11-20-39(43(35)46-40)45(29-12-3-2-4-13-29)30-23-24-34-33-16-7-10-21-41(33)47-42(34)27-30/h2-27H,1H3/i1D3,2D,3D,4D,5D,6D,7D,8D,9D,10D,11D,12D,13D,14D,15D,16D,17D,18D,19D,20D,22D,23D,24D,25D,27D. The molecule has 0 unspecified atom stereocenters. The lowest BCUT2D eigenvalue weighted by Crippen LogP contribution is -2.22. The summed E-state index contributed by atoms with van der Waals surface area (Å²) in [5, 5.41) is -1.35. The van der Waals surface area contributed by atoms with Crippen molar-refractivity contribution >= 4 is 70.5 Å². The molecule has 10 rings (SSSR count). The van der Waals surface area contributed by atoms with Crippen LogP contribution >= 0.6 is 11.3 Å². The van der Waals surface area contributed by atoms with Gasteiger partial charge in [-0.15, -0.1) is 11.3 Å². The van der Waals surface area contributed by atoms with Crippen LogP contribution < -0.4 is 4.90 Å². The third kappa shape index (κ3) is 3.78. The highest BCUT2D eigenvalue weighted by atomic mass is 32.1. The molecule has 1 aliphatic carbocycles. The molecular formula is C44H29NOS. The zero-order valence-corrected chi connectivity index (χ0v) is 24.2. The molecule has 0 aliphatic heterocycles. The first kappa shape index (κ1) is 11.3. The summed E-state index contributed by atoms with van der Waals surface area (Å²) in [6.45, 7) is -3.67. The monoisotopic (exact) mass is 646 g/mol. The van der Waals surface area contributed by atoms with Crippen molar-refractivity contribution in [1.82, 2.24) is 0 Å². The van der Waals surface area contributed by atoms with E-state index in [9.17, 15) is 17.8 Å². The molecule has 47 heavy (non-hydrogen) atoms. The third-order valence-electron chi connectivity index (χ3n) is 8.00. The van der Waals surface area contributed by atoms with Crippen LogP contribution in [0, 0.1) is 0 Å². The smallest absolute Gasteiger partial charge is 0.159 e. The van der Waals surface area contributed by atoms with Crippen molar-refractivity contribution in [3.05, 3.63) is 174 Å². The summed E-state index contributed by atoms with van der Waals surface area (Å²) in [4.78, 5) is 0.622. The van der Waals surface area contributed by atoms with Gasteiger partial charge in [0.2, 0.25) is 0 Å². The Morgan fingerprint density at radius 2 is 1.34 bits per heavy atom. The topological polar surface area (TPSA) is 16.4 Å². The van der Waals surface area contributed by atoms with Gasteiger partial charge in [0.15, 0.2) is 5.58 Å². The van der Waals surface area contributed by atoms with E-state index in [-0.39, 0.29) is 26.2 Å². The van der Waals surface area contributed by atoms with Gasteiger partial charge in [-0.2, -0.15) is 0 Å². The largest absolute Gasteiger partial charge is 0.454 e. The third-order valence-corrected chi connectivity index (χ3v) is 9.05. The number of hydrogen-bond donors (Lipinski definition) is 0. The number of anilines is 3.